The summed E-state index contributed by atoms with van der Waals surface area (Å²) in [6.07, 6.45) is 1.77. The van der Waals surface area contributed by atoms with Crippen LogP contribution in [0, 0.1) is 0 Å². The quantitative estimate of drug-likeness (QED) is 0.648. The molecule has 0 aliphatic carbocycles. The zero-order chi connectivity index (χ0) is 21.3. The number of para-hydroxylation sites is 2. The van der Waals surface area contributed by atoms with E-state index in [1.165, 1.54) is 8.87 Å². The standard InChI is InChI=1S/C21H23N3O5S/c1-15(24-18-6-2-3-7-19(18)29-21(24)26)20(25)22-14-16-8-10-17(11-9-16)30(27,28)23-12-4-5-13-23/h2-3,6-11,15H,4-5,12-14H2,1H3,(H,22,25). The van der Waals surface area contributed by atoms with Crippen molar-refractivity contribution in [2.45, 2.75) is 37.2 Å². The number of rotatable bonds is 6. The second-order valence-electron chi connectivity index (χ2n) is 7.35. The van der Waals surface area contributed by atoms with E-state index in [9.17, 15) is 18.0 Å². The van der Waals surface area contributed by atoms with Gasteiger partial charge in [-0.15, -0.1) is 0 Å². The van der Waals surface area contributed by atoms with Crippen molar-refractivity contribution in [2.75, 3.05) is 13.1 Å². The highest BCUT2D eigenvalue weighted by Gasteiger charge is 2.27. The molecule has 158 valence electrons. The van der Waals surface area contributed by atoms with Crippen LogP contribution in [0.25, 0.3) is 11.1 Å². The van der Waals surface area contributed by atoms with E-state index in [1.807, 2.05) is 0 Å². The zero-order valence-corrected chi connectivity index (χ0v) is 17.4. The maximum absolute atomic E-state index is 12.6. The second kappa shape index (κ2) is 8.08. The van der Waals surface area contributed by atoms with E-state index in [0.717, 1.165) is 18.4 Å². The zero-order valence-electron chi connectivity index (χ0n) is 16.6. The average molecular weight is 429 g/mol. The van der Waals surface area contributed by atoms with Gasteiger partial charge in [-0.1, -0.05) is 24.3 Å². The fourth-order valence-corrected chi connectivity index (χ4v) is 5.18. The van der Waals surface area contributed by atoms with Crippen molar-refractivity contribution in [3.8, 4) is 0 Å². The highest BCUT2D eigenvalue weighted by Crippen LogP contribution is 2.21. The van der Waals surface area contributed by atoms with Crippen LogP contribution in [0.2, 0.25) is 0 Å². The van der Waals surface area contributed by atoms with Gasteiger partial charge in [0.1, 0.15) is 6.04 Å². The molecule has 0 bridgehead atoms. The Hall–Kier alpha value is -2.91. The van der Waals surface area contributed by atoms with Crippen LogP contribution in [-0.2, 0) is 21.4 Å². The average Bonchev–Trinajstić information content (AvgIpc) is 3.39. The lowest BCUT2D eigenvalue weighted by Crippen LogP contribution is -2.34. The van der Waals surface area contributed by atoms with Crippen LogP contribution in [0.3, 0.4) is 0 Å². The molecule has 0 spiro atoms. The fourth-order valence-electron chi connectivity index (χ4n) is 3.66. The third-order valence-corrected chi connectivity index (χ3v) is 7.29. The molecule has 2 heterocycles. The predicted octanol–water partition coefficient (Wildman–Crippen LogP) is 2.26. The van der Waals surface area contributed by atoms with Crippen LogP contribution in [0.1, 0.15) is 31.4 Å². The number of benzene rings is 2. The summed E-state index contributed by atoms with van der Waals surface area (Å²) in [5, 5.41) is 2.79. The molecule has 3 aromatic rings. The van der Waals surface area contributed by atoms with Gasteiger partial charge in [0.15, 0.2) is 5.58 Å². The molecule has 1 N–H and O–H groups in total. The molecule has 9 heteroatoms. The Labute approximate surface area is 174 Å². The number of hydrogen-bond donors (Lipinski definition) is 1. The number of nitrogens with one attached hydrogen (secondary N) is 1. The van der Waals surface area contributed by atoms with Crippen LogP contribution in [0.5, 0.6) is 0 Å². The van der Waals surface area contributed by atoms with Gasteiger partial charge in [-0.3, -0.25) is 9.36 Å². The molecule has 1 saturated heterocycles. The van der Waals surface area contributed by atoms with E-state index >= 15 is 0 Å². The minimum absolute atomic E-state index is 0.220. The number of fused-ring (bicyclic) bond motifs is 1. The minimum atomic E-state index is -3.46. The maximum Gasteiger partial charge on any atom is 0.420 e. The number of sulfonamides is 1. The molecule has 0 saturated carbocycles. The summed E-state index contributed by atoms with van der Waals surface area (Å²) in [5.74, 6) is -0.923. The van der Waals surface area contributed by atoms with Crippen molar-refractivity contribution in [1.82, 2.24) is 14.2 Å². The van der Waals surface area contributed by atoms with Crippen LogP contribution in [0.15, 0.2) is 62.6 Å². The van der Waals surface area contributed by atoms with Gasteiger partial charge >= 0.3 is 5.76 Å². The number of amides is 1. The Bertz CT molecular complexity index is 1220. The number of nitrogens with zero attached hydrogens (tertiary/aromatic N) is 2. The molecule has 8 nitrogen and oxygen atoms in total. The van der Waals surface area contributed by atoms with Crippen LogP contribution >= 0.6 is 0 Å². The second-order valence-corrected chi connectivity index (χ2v) is 9.29. The first-order chi connectivity index (χ1) is 14.4. The van der Waals surface area contributed by atoms with Crippen molar-refractivity contribution in [2.24, 2.45) is 0 Å². The van der Waals surface area contributed by atoms with Gasteiger partial charge in [-0.2, -0.15) is 4.31 Å². The summed E-state index contributed by atoms with van der Waals surface area (Å²) in [7, 11) is -3.46. The van der Waals surface area contributed by atoms with E-state index in [1.54, 1.807) is 55.5 Å². The first-order valence-corrected chi connectivity index (χ1v) is 11.3. The lowest BCUT2D eigenvalue weighted by molar-refractivity contribution is -0.124. The Balaban J connectivity index is 1.43. The van der Waals surface area contributed by atoms with Crippen LogP contribution in [-0.4, -0.2) is 36.3 Å². The summed E-state index contributed by atoms with van der Waals surface area (Å²) in [6, 6.07) is 12.7. The molecule has 1 aliphatic heterocycles. The van der Waals surface area contributed by atoms with Crippen LogP contribution < -0.4 is 11.1 Å². The molecule has 1 fully saturated rings. The third kappa shape index (κ3) is 3.78. The van der Waals surface area contributed by atoms with E-state index in [0.29, 0.717) is 24.2 Å². The number of oxazole rings is 1. The van der Waals surface area contributed by atoms with Crippen molar-refractivity contribution >= 4 is 27.0 Å². The van der Waals surface area contributed by atoms with Crippen molar-refractivity contribution in [3.05, 3.63) is 64.6 Å². The summed E-state index contributed by atoms with van der Waals surface area (Å²) < 4.78 is 33.2. The van der Waals surface area contributed by atoms with Gasteiger partial charge in [0.2, 0.25) is 15.9 Å². The highest BCUT2D eigenvalue weighted by atomic mass is 32.2. The van der Waals surface area contributed by atoms with Crippen molar-refractivity contribution < 1.29 is 17.6 Å². The van der Waals surface area contributed by atoms with Gasteiger partial charge in [0, 0.05) is 19.6 Å². The van der Waals surface area contributed by atoms with E-state index in [2.05, 4.69) is 5.32 Å². The Morgan fingerprint density at radius 2 is 1.77 bits per heavy atom. The molecule has 1 aliphatic rings. The highest BCUT2D eigenvalue weighted by molar-refractivity contribution is 7.89. The largest absolute Gasteiger partial charge is 0.420 e. The molecular weight excluding hydrogens is 406 g/mol. The number of carbonyl (C=O) groups excluding carboxylic acids is 1. The van der Waals surface area contributed by atoms with Crippen molar-refractivity contribution in [1.29, 1.82) is 0 Å². The van der Waals surface area contributed by atoms with Crippen molar-refractivity contribution in [3.63, 3.8) is 0 Å². The Morgan fingerprint density at radius 3 is 2.47 bits per heavy atom. The fraction of sp³-hybridized carbons (Fsp3) is 0.333. The molecule has 1 unspecified atom stereocenters. The molecular formula is C21H23N3O5S. The van der Waals surface area contributed by atoms with Gasteiger partial charge in [-0.25, -0.2) is 13.2 Å². The molecule has 0 radical (unpaired) electrons. The number of hydrogen-bond acceptors (Lipinski definition) is 5. The van der Waals surface area contributed by atoms with Gasteiger partial charge in [-0.05, 0) is 49.6 Å². The summed E-state index contributed by atoms with van der Waals surface area (Å²) in [4.78, 5) is 25.0. The SMILES string of the molecule is CC(C(=O)NCc1ccc(S(=O)(=O)N2CCCC2)cc1)n1c(=O)oc2ccccc21. The molecule has 2 aromatic carbocycles. The molecule has 1 aromatic heterocycles. The topological polar surface area (TPSA) is 102 Å². The Morgan fingerprint density at radius 1 is 1.10 bits per heavy atom. The normalized spacial score (nSPS) is 16.0. The first-order valence-electron chi connectivity index (χ1n) is 9.85. The van der Waals surface area contributed by atoms with Gasteiger partial charge in [0.05, 0.1) is 10.4 Å². The monoisotopic (exact) mass is 429 g/mol. The minimum Gasteiger partial charge on any atom is -0.408 e. The number of carbonyl (C=O) groups is 1. The van der Waals surface area contributed by atoms with Gasteiger partial charge in [0.25, 0.3) is 0 Å². The van der Waals surface area contributed by atoms with E-state index in [-0.39, 0.29) is 17.3 Å². The Kier molecular flexibility index (Phi) is 5.48. The van der Waals surface area contributed by atoms with E-state index in [4.69, 9.17) is 4.42 Å². The molecule has 1 amide bonds. The predicted molar refractivity (Wildman–Crippen MR) is 111 cm³/mol. The smallest absolute Gasteiger partial charge is 0.408 e. The maximum atomic E-state index is 12.6. The summed E-state index contributed by atoms with van der Waals surface area (Å²) in [5.41, 5.74) is 1.75. The van der Waals surface area contributed by atoms with Gasteiger partial charge < -0.3 is 9.73 Å². The first kappa shape index (κ1) is 20.4. The van der Waals surface area contributed by atoms with Crippen LogP contribution in [0.4, 0.5) is 0 Å². The third-order valence-electron chi connectivity index (χ3n) is 5.38. The number of aromatic nitrogens is 1. The lowest BCUT2D eigenvalue weighted by Gasteiger charge is -2.16. The molecule has 4 rings (SSSR count). The summed E-state index contributed by atoms with van der Waals surface area (Å²) >= 11 is 0. The molecule has 30 heavy (non-hydrogen) atoms. The van der Waals surface area contributed by atoms with E-state index < -0.39 is 21.8 Å². The summed E-state index contributed by atoms with van der Waals surface area (Å²) in [6.45, 7) is 2.96. The molecule has 1 atom stereocenters. The lowest BCUT2D eigenvalue weighted by atomic mass is 10.2.